The van der Waals surface area contributed by atoms with Gasteiger partial charge in [-0.3, -0.25) is 0 Å². The highest BCUT2D eigenvalue weighted by molar-refractivity contribution is 5.86. The number of carbonyl (C=O) groups is 2. The summed E-state index contributed by atoms with van der Waals surface area (Å²) in [5.74, 6) is -1.32. The van der Waals surface area contributed by atoms with Crippen LogP contribution >= 0.6 is 0 Å². The largest absolute Gasteiger partial charge is 0.480 e. The van der Waals surface area contributed by atoms with E-state index >= 15 is 0 Å². The summed E-state index contributed by atoms with van der Waals surface area (Å²) in [5.41, 5.74) is -1.64. The van der Waals surface area contributed by atoms with Crippen molar-refractivity contribution >= 4 is 12.0 Å². The fourth-order valence-electron chi connectivity index (χ4n) is 1.99. The van der Waals surface area contributed by atoms with E-state index in [1.54, 1.807) is 0 Å². The van der Waals surface area contributed by atoms with E-state index in [1.165, 1.54) is 0 Å². The molecule has 0 atom stereocenters. The number of hydrogen-bond acceptors (Lipinski definition) is 4. The van der Waals surface area contributed by atoms with Crippen molar-refractivity contribution in [3.8, 4) is 0 Å². The van der Waals surface area contributed by atoms with Crippen molar-refractivity contribution in [1.29, 1.82) is 0 Å². The van der Waals surface area contributed by atoms with Gasteiger partial charge in [0, 0.05) is 32.6 Å². The van der Waals surface area contributed by atoms with Crippen LogP contribution in [0.5, 0.6) is 0 Å². The molecule has 3 N–H and O–H groups in total. The highest BCUT2D eigenvalue weighted by Gasteiger charge is 2.43. The average molecular weight is 314 g/mol. The molecule has 0 bridgehead atoms. The molecule has 0 radical (unpaired) electrons. The van der Waals surface area contributed by atoms with Crippen LogP contribution in [0.4, 0.5) is 18.0 Å². The number of rotatable bonds is 5. The molecule has 10 heteroatoms. The van der Waals surface area contributed by atoms with Gasteiger partial charge in [0.2, 0.25) is 0 Å². The summed E-state index contributed by atoms with van der Waals surface area (Å²) in [4.78, 5) is 23.5. The molecule has 0 aliphatic carbocycles. The van der Waals surface area contributed by atoms with Gasteiger partial charge in [0.1, 0.15) is 12.1 Å². The molecule has 2 amide bonds. The quantitative estimate of drug-likeness (QED) is 0.672. The Hall–Kier alpha value is -1.55. The second-order valence-electron chi connectivity index (χ2n) is 4.69. The van der Waals surface area contributed by atoms with Crippen molar-refractivity contribution < 1.29 is 37.7 Å². The maximum Gasteiger partial charge on any atom is 0.406 e. The second-order valence-corrected chi connectivity index (χ2v) is 4.69. The van der Waals surface area contributed by atoms with Crippen LogP contribution in [-0.4, -0.2) is 71.7 Å². The van der Waals surface area contributed by atoms with E-state index in [4.69, 9.17) is 9.84 Å². The SMILES string of the molecule is O=C(NC1(C(=O)O)CCOCC1)N(CCO)CC(F)(F)F. The van der Waals surface area contributed by atoms with Crippen LogP contribution in [0.1, 0.15) is 12.8 Å². The number of alkyl halides is 3. The number of nitrogens with one attached hydrogen (secondary N) is 1. The lowest BCUT2D eigenvalue weighted by Gasteiger charge is -2.36. The van der Waals surface area contributed by atoms with Crippen LogP contribution < -0.4 is 5.32 Å². The molecule has 1 heterocycles. The Kier molecular flexibility index (Phi) is 5.78. The Labute approximate surface area is 118 Å². The number of urea groups is 1. The lowest BCUT2D eigenvalue weighted by atomic mass is 9.90. The number of carboxylic acid groups (broad SMARTS) is 1. The molecule has 1 aliphatic heterocycles. The number of carbonyl (C=O) groups excluding carboxylic acids is 1. The monoisotopic (exact) mass is 314 g/mol. The minimum Gasteiger partial charge on any atom is -0.480 e. The van der Waals surface area contributed by atoms with E-state index in [0.29, 0.717) is 4.90 Å². The van der Waals surface area contributed by atoms with Gasteiger partial charge in [0.05, 0.1) is 6.61 Å². The first-order chi connectivity index (χ1) is 9.70. The molecule has 0 spiro atoms. The Morgan fingerprint density at radius 1 is 1.29 bits per heavy atom. The van der Waals surface area contributed by atoms with Gasteiger partial charge >= 0.3 is 18.2 Å². The zero-order valence-electron chi connectivity index (χ0n) is 11.2. The fourth-order valence-corrected chi connectivity index (χ4v) is 1.99. The minimum atomic E-state index is -4.64. The number of ether oxygens (including phenoxy) is 1. The van der Waals surface area contributed by atoms with Crippen molar-refractivity contribution in [2.45, 2.75) is 24.6 Å². The van der Waals surface area contributed by atoms with Gasteiger partial charge in [0.25, 0.3) is 0 Å². The van der Waals surface area contributed by atoms with Crippen LogP contribution in [0, 0.1) is 0 Å². The first-order valence-corrected chi connectivity index (χ1v) is 6.26. The first kappa shape index (κ1) is 17.5. The van der Waals surface area contributed by atoms with Crippen LogP contribution in [0.25, 0.3) is 0 Å². The van der Waals surface area contributed by atoms with E-state index < -0.39 is 43.4 Å². The van der Waals surface area contributed by atoms with Crippen molar-refractivity contribution in [2.24, 2.45) is 0 Å². The molecular weight excluding hydrogens is 297 g/mol. The third kappa shape index (κ3) is 5.05. The lowest BCUT2D eigenvalue weighted by Crippen LogP contribution is -2.61. The van der Waals surface area contributed by atoms with E-state index in [1.807, 2.05) is 0 Å². The summed E-state index contributed by atoms with van der Waals surface area (Å²) < 4.78 is 42.1. The average Bonchev–Trinajstić information content (AvgIpc) is 2.37. The predicted octanol–water partition coefficient (Wildman–Crippen LogP) is 0.186. The van der Waals surface area contributed by atoms with Gasteiger partial charge in [-0.2, -0.15) is 13.2 Å². The lowest BCUT2D eigenvalue weighted by molar-refractivity contribution is -0.149. The number of hydrogen-bond donors (Lipinski definition) is 3. The number of aliphatic carboxylic acids is 1. The Balaban J connectivity index is 2.80. The standard InChI is InChI=1S/C11H17F3N2O5/c12-11(13,14)7-16(3-4-17)9(20)15-10(8(18)19)1-5-21-6-2-10/h17H,1-7H2,(H,15,20)(H,18,19). The molecular formula is C11H17F3N2O5. The summed E-state index contributed by atoms with van der Waals surface area (Å²) in [6, 6.07) is -1.18. The van der Waals surface area contributed by atoms with Crippen LogP contribution in [0.3, 0.4) is 0 Å². The molecule has 21 heavy (non-hydrogen) atoms. The number of carboxylic acids is 1. The number of amides is 2. The minimum absolute atomic E-state index is 0.0347. The normalized spacial score (nSPS) is 18.1. The smallest absolute Gasteiger partial charge is 0.406 e. The van der Waals surface area contributed by atoms with Gasteiger partial charge in [0.15, 0.2) is 0 Å². The fraction of sp³-hybridized carbons (Fsp3) is 0.818. The summed E-state index contributed by atoms with van der Waals surface area (Å²) >= 11 is 0. The van der Waals surface area contributed by atoms with Gasteiger partial charge < -0.3 is 25.2 Å². The van der Waals surface area contributed by atoms with Crippen LogP contribution in [0.15, 0.2) is 0 Å². The summed E-state index contributed by atoms with van der Waals surface area (Å²) in [7, 11) is 0. The van der Waals surface area contributed by atoms with E-state index in [0.717, 1.165) is 0 Å². The molecule has 1 aliphatic rings. The highest BCUT2D eigenvalue weighted by atomic mass is 19.4. The van der Waals surface area contributed by atoms with Gasteiger partial charge in [-0.25, -0.2) is 9.59 Å². The third-order valence-corrected chi connectivity index (χ3v) is 3.13. The molecule has 0 saturated carbocycles. The predicted molar refractivity (Wildman–Crippen MR) is 63.7 cm³/mol. The molecule has 1 saturated heterocycles. The number of nitrogens with zero attached hydrogens (tertiary/aromatic N) is 1. The van der Waals surface area contributed by atoms with Gasteiger partial charge in [-0.05, 0) is 0 Å². The Morgan fingerprint density at radius 2 is 1.86 bits per heavy atom. The number of aliphatic hydroxyl groups excluding tert-OH is 1. The van der Waals surface area contributed by atoms with Crippen LogP contribution in [0.2, 0.25) is 0 Å². The van der Waals surface area contributed by atoms with Gasteiger partial charge in [-0.1, -0.05) is 0 Å². The first-order valence-electron chi connectivity index (χ1n) is 6.26. The van der Waals surface area contributed by atoms with Crippen molar-refractivity contribution in [3.63, 3.8) is 0 Å². The van der Waals surface area contributed by atoms with Gasteiger partial charge in [-0.15, -0.1) is 0 Å². The molecule has 1 fully saturated rings. The number of aliphatic hydroxyl groups is 1. The number of halogens is 3. The summed E-state index contributed by atoms with van der Waals surface area (Å²) in [5, 5.41) is 20.1. The van der Waals surface area contributed by atoms with E-state index in [9.17, 15) is 27.9 Å². The summed E-state index contributed by atoms with van der Waals surface area (Å²) in [6.07, 6.45) is -4.71. The van der Waals surface area contributed by atoms with E-state index in [2.05, 4.69) is 5.32 Å². The molecule has 122 valence electrons. The molecule has 0 aromatic heterocycles. The highest BCUT2D eigenvalue weighted by Crippen LogP contribution is 2.22. The zero-order valence-corrected chi connectivity index (χ0v) is 11.2. The molecule has 0 aromatic carbocycles. The Bertz CT molecular complexity index is 383. The summed E-state index contributed by atoms with van der Waals surface area (Å²) in [6.45, 7) is -2.59. The maximum absolute atomic E-state index is 12.4. The third-order valence-electron chi connectivity index (χ3n) is 3.13. The van der Waals surface area contributed by atoms with E-state index in [-0.39, 0.29) is 26.1 Å². The Morgan fingerprint density at radius 3 is 2.29 bits per heavy atom. The maximum atomic E-state index is 12.4. The van der Waals surface area contributed by atoms with Crippen LogP contribution in [-0.2, 0) is 9.53 Å². The molecule has 0 aromatic rings. The van der Waals surface area contributed by atoms with Crippen molar-refractivity contribution in [2.75, 3.05) is 32.9 Å². The topological polar surface area (TPSA) is 99.1 Å². The van der Waals surface area contributed by atoms with Crippen molar-refractivity contribution in [1.82, 2.24) is 10.2 Å². The molecule has 1 rings (SSSR count). The molecule has 7 nitrogen and oxygen atoms in total. The van der Waals surface area contributed by atoms with Crippen molar-refractivity contribution in [3.05, 3.63) is 0 Å². The second kappa shape index (κ2) is 6.94. The zero-order chi connectivity index (χ0) is 16.1. The molecule has 0 unspecified atom stereocenters.